The Hall–Kier alpha value is -1.28. The van der Waals surface area contributed by atoms with Gasteiger partial charge in [-0.25, -0.2) is 4.98 Å². The van der Waals surface area contributed by atoms with Crippen LogP contribution in [-0.4, -0.2) is 9.55 Å². The van der Waals surface area contributed by atoms with E-state index in [0.717, 1.165) is 10.7 Å². The molecule has 0 amide bonds. The van der Waals surface area contributed by atoms with Crippen LogP contribution in [0.2, 0.25) is 5.02 Å². The van der Waals surface area contributed by atoms with Crippen molar-refractivity contribution in [3.05, 3.63) is 47.5 Å². The monoisotopic (exact) mass is 220 g/mol. The molecule has 1 heterocycles. The van der Waals surface area contributed by atoms with Gasteiger partial charge in [-0.3, -0.25) is 0 Å². The fourth-order valence-electron chi connectivity index (χ4n) is 1.58. The number of rotatable bonds is 2. The Morgan fingerprint density at radius 2 is 2.00 bits per heavy atom. The summed E-state index contributed by atoms with van der Waals surface area (Å²) in [6, 6.07) is 7.79. The Balaban J connectivity index is 2.55. The molecule has 15 heavy (non-hydrogen) atoms. The molecule has 0 radical (unpaired) electrons. The van der Waals surface area contributed by atoms with Gasteiger partial charge < -0.3 is 4.57 Å². The third-order valence-electron chi connectivity index (χ3n) is 2.37. The van der Waals surface area contributed by atoms with Crippen molar-refractivity contribution < 1.29 is 0 Å². The second-order valence-corrected chi connectivity index (χ2v) is 4.20. The van der Waals surface area contributed by atoms with Crippen LogP contribution in [0.3, 0.4) is 0 Å². The summed E-state index contributed by atoms with van der Waals surface area (Å²) in [5.74, 6) is 0.434. The van der Waals surface area contributed by atoms with E-state index in [1.54, 1.807) is 6.33 Å². The summed E-state index contributed by atoms with van der Waals surface area (Å²) in [4.78, 5) is 4.17. The average Bonchev–Trinajstić information content (AvgIpc) is 2.67. The molecule has 0 spiro atoms. The van der Waals surface area contributed by atoms with E-state index < -0.39 is 0 Å². The Morgan fingerprint density at radius 3 is 2.67 bits per heavy atom. The minimum atomic E-state index is 0.434. The highest BCUT2D eigenvalue weighted by Gasteiger charge is 2.09. The third-order valence-corrected chi connectivity index (χ3v) is 2.69. The zero-order valence-electron chi connectivity index (χ0n) is 8.81. The molecule has 0 saturated carbocycles. The van der Waals surface area contributed by atoms with Gasteiger partial charge in [-0.2, -0.15) is 0 Å². The van der Waals surface area contributed by atoms with Gasteiger partial charge >= 0.3 is 0 Å². The molecule has 3 heteroatoms. The maximum atomic E-state index is 6.14. The number of hydrogen-bond donors (Lipinski definition) is 0. The molecule has 78 valence electrons. The normalized spacial score (nSPS) is 10.9. The topological polar surface area (TPSA) is 17.8 Å². The molecule has 0 aliphatic rings. The van der Waals surface area contributed by atoms with E-state index in [0.29, 0.717) is 5.92 Å². The maximum absolute atomic E-state index is 6.14. The summed E-state index contributed by atoms with van der Waals surface area (Å²) in [6.07, 6.45) is 3.69. The first-order valence-corrected chi connectivity index (χ1v) is 5.35. The summed E-state index contributed by atoms with van der Waals surface area (Å²) in [6.45, 7) is 4.29. The number of halogens is 1. The molecule has 2 rings (SSSR count). The van der Waals surface area contributed by atoms with E-state index in [1.807, 2.05) is 35.0 Å². The number of benzene rings is 1. The first kappa shape index (κ1) is 10.2. The van der Waals surface area contributed by atoms with Crippen molar-refractivity contribution in [2.45, 2.75) is 19.8 Å². The van der Waals surface area contributed by atoms with Crippen LogP contribution >= 0.6 is 11.6 Å². The van der Waals surface area contributed by atoms with E-state index in [1.165, 1.54) is 5.69 Å². The molecule has 2 aromatic rings. The third kappa shape index (κ3) is 1.90. The molecule has 0 saturated heterocycles. The first-order valence-electron chi connectivity index (χ1n) is 4.97. The van der Waals surface area contributed by atoms with Crippen LogP contribution in [0.25, 0.3) is 5.69 Å². The van der Waals surface area contributed by atoms with Crippen molar-refractivity contribution in [1.29, 1.82) is 0 Å². The van der Waals surface area contributed by atoms with Gasteiger partial charge in [0.1, 0.15) is 0 Å². The number of imidazole rings is 1. The first-order chi connectivity index (χ1) is 7.20. The van der Waals surface area contributed by atoms with Gasteiger partial charge in [-0.15, -0.1) is 0 Å². The summed E-state index contributed by atoms with van der Waals surface area (Å²) in [5.41, 5.74) is 2.16. The van der Waals surface area contributed by atoms with Crippen molar-refractivity contribution in [3.8, 4) is 5.69 Å². The lowest BCUT2D eigenvalue weighted by atomic mass is 10.1. The molecular weight excluding hydrogens is 208 g/mol. The minimum absolute atomic E-state index is 0.434. The van der Waals surface area contributed by atoms with Crippen LogP contribution in [0.1, 0.15) is 25.5 Å². The minimum Gasteiger partial charge on any atom is -0.302 e. The fourth-order valence-corrected chi connectivity index (χ4v) is 1.81. The highest BCUT2D eigenvalue weighted by Crippen LogP contribution is 2.24. The summed E-state index contributed by atoms with van der Waals surface area (Å²) < 4.78 is 2.03. The van der Waals surface area contributed by atoms with E-state index >= 15 is 0 Å². The van der Waals surface area contributed by atoms with E-state index in [9.17, 15) is 0 Å². The molecule has 0 fully saturated rings. The van der Waals surface area contributed by atoms with Crippen LogP contribution < -0.4 is 0 Å². The van der Waals surface area contributed by atoms with Gasteiger partial charge in [-0.1, -0.05) is 37.6 Å². The van der Waals surface area contributed by atoms with Crippen LogP contribution in [-0.2, 0) is 0 Å². The van der Waals surface area contributed by atoms with Crippen molar-refractivity contribution in [3.63, 3.8) is 0 Å². The van der Waals surface area contributed by atoms with Crippen LogP contribution in [0.15, 0.2) is 36.8 Å². The van der Waals surface area contributed by atoms with E-state index in [4.69, 9.17) is 11.6 Å². The number of nitrogens with zero attached hydrogens (tertiary/aromatic N) is 2. The molecular formula is C12H13ClN2. The van der Waals surface area contributed by atoms with Crippen LogP contribution in [0.4, 0.5) is 0 Å². The molecule has 1 aromatic heterocycles. The standard InChI is InChI=1S/C12H13ClN2/c1-9(2)12-7-14-8-15(12)11-6-4-3-5-10(11)13/h3-9H,1-2H3. The second kappa shape index (κ2) is 4.07. The van der Waals surface area contributed by atoms with Gasteiger partial charge in [0, 0.05) is 11.9 Å². The van der Waals surface area contributed by atoms with Crippen molar-refractivity contribution in [1.82, 2.24) is 9.55 Å². The molecule has 1 aromatic carbocycles. The molecule has 0 N–H and O–H groups in total. The van der Waals surface area contributed by atoms with Crippen LogP contribution in [0, 0.1) is 0 Å². The Labute approximate surface area is 94.5 Å². The molecule has 0 aliphatic heterocycles. The maximum Gasteiger partial charge on any atom is 0.0994 e. The van der Waals surface area contributed by atoms with Gasteiger partial charge in [0.2, 0.25) is 0 Å². The SMILES string of the molecule is CC(C)c1cncn1-c1ccccc1Cl. The lowest BCUT2D eigenvalue weighted by Gasteiger charge is -2.11. The van der Waals surface area contributed by atoms with Crippen molar-refractivity contribution in [2.75, 3.05) is 0 Å². The summed E-state index contributed by atoms with van der Waals surface area (Å²) in [7, 11) is 0. The average molecular weight is 221 g/mol. The highest BCUT2D eigenvalue weighted by molar-refractivity contribution is 6.32. The van der Waals surface area contributed by atoms with Crippen molar-refractivity contribution in [2.24, 2.45) is 0 Å². The van der Waals surface area contributed by atoms with Gasteiger partial charge in [-0.05, 0) is 18.1 Å². The van der Waals surface area contributed by atoms with Gasteiger partial charge in [0.25, 0.3) is 0 Å². The fraction of sp³-hybridized carbons (Fsp3) is 0.250. The number of para-hydroxylation sites is 1. The molecule has 2 nitrogen and oxygen atoms in total. The predicted octanol–water partition coefficient (Wildman–Crippen LogP) is 3.65. The highest BCUT2D eigenvalue weighted by atomic mass is 35.5. The quantitative estimate of drug-likeness (QED) is 0.756. The van der Waals surface area contributed by atoms with E-state index in [-0.39, 0.29) is 0 Å². The molecule has 0 atom stereocenters. The lowest BCUT2D eigenvalue weighted by molar-refractivity contribution is 0.787. The van der Waals surface area contributed by atoms with Crippen molar-refractivity contribution >= 4 is 11.6 Å². The summed E-state index contributed by atoms with van der Waals surface area (Å²) >= 11 is 6.14. The second-order valence-electron chi connectivity index (χ2n) is 3.79. The zero-order valence-corrected chi connectivity index (χ0v) is 9.57. The van der Waals surface area contributed by atoms with Crippen LogP contribution in [0.5, 0.6) is 0 Å². The largest absolute Gasteiger partial charge is 0.302 e. The Morgan fingerprint density at radius 1 is 1.27 bits per heavy atom. The van der Waals surface area contributed by atoms with Gasteiger partial charge in [0.15, 0.2) is 0 Å². The van der Waals surface area contributed by atoms with Gasteiger partial charge in [0.05, 0.1) is 17.0 Å². The van der Waals surface area contributed by atoms with E-state index in [2.05, 4.69) is 18.8 Å². The lowest BCUT2D eigenvalue weighted by Crippen LogP contribution is -2.00. The Kier molecular flexibility index (Phi) is 2.78. The Bertz CT molecular complexity index is 460. The number of aromatic nitrogens is 2. The zero-order chi connectivity index (χ0) is 10.8. The predicted molar refractivity (Wildman–Crippen MR) is 62.7 cm³/mol. The molecule has 0 unspecified atom stereocenters. The molecule has 0 aliphatic carbocycles. The summed E-state index contributed by atoms with van der Waals surface area (Å²) in [5, 5.41) is 0.748. The number of hydrogen-bond acceptors (Lipinski definition) is 1. The molecule has 0 bridgehead atoms. The smallest absolute Gasteiger partial charge is 0.0994 e.